The summed E-state index contributed by atoms with van der Waals surface area (Å²) >= 11 is 0. The molecular weight excluding hydrogens is 328 g/mol. The van der Waals surface area contributed by atoms with Gasteiger partial charge in [-0.25, -0.2) is 9.69 Å². The van der Waals surface area contributed by atoms with Crippen LogP contribution in [-0.2, 0) is 17.7 Å². The molecule has 0 atom stereocenters. The van der Waals surface area contributed by atoms with E-state index in [0.29, 0.717) is 18.7 Å². The first kappa shape index (κ1) is 18.0. The Morgan fingerprint density at radius 2 is 2.00 bits per heavy atom. The number of nitrogens with zero attached hydrogens (tertiary/aromatic N) is 2. The summed E-state index contributed by atoms with van der Waals surface area (Å²) < 4.78 is 7.36. The number of amides is 2. The van der Waals surface area contributed by atoms with Crippen LogP contribution >= 0.6 is 0 Å². The first-order valence-electron chi connectivity index (χ1n) is 8.74. The summed E-state index contributed by atoms with van der Waals surface area (Å²) in [5.41, 5.74) is 1.75. The number of carbonyl (C=O) groups excluding carboxylic acids is 2. The molecule has 0 bridgehead atoms. The lowest BCUT2D eigenvalue weighted by atomic mass is 10.1. The van der Waals surface area contributed by atoms with E-state index in [1.54, 1.807) is 26.8 Å². The fraction of sp³-hybridized carbons (Fsp3) is 0.333. The maximum absolute atomic E-state index is 13.3. The van der Waals surface area contributed by atoms with E-state index in [2.05, 4.69) is 6.58 Å². The van der Waals surface area contributed by atoms with E-state index in [-0.39, 0.29) is 12.5 Å². The molecule has 1 aliphatic heterocycles. The molecule has 2 heterocycles. The van der Waals surface area contributed by atoms with Crippen LogP contribution in [0.1, 0.15) is 36.8 Å². The van der Waals surface area contributed by atoms with Gasteiger partial charge in [0.25, 0.3) is 5.91 Å². The Morgan fingerprint density at radius 1 is 1.27 bits per heavy atom. The molecule has 26 heavy (non-hydrogen) atoms. The molecule has 0 fully saturated rings. The van der Waals surface area contributed by atoms with Gasteiger partial charge in [0.15, 0.2) is 0 Å². The summed E-state index contributed by atoms with van der Waals surface area (Å²) in [6.07, 6.45) is 5.60. The van der Waals surface area contributed by atoms with Crippen LogP contribution in [0.5, 0.6) is 0 Å². The van der Waals surface area contributed by atoms with Crippen molar-refractivity contribution >= 4 is 22.9 Å². The second kappa shape index (κ2) is 6.83. The third-order valence-corrected chi connectivity index (χ3v) is 4.23. The van der Waals surface area contributed by atoms with Gasteiger partial charge < -0.3 is 9.30 Å². The third-order valence-electron chi connectivity index (χ3n) is 4.23. The Balaban J connectivity index is 2.15. The molecule has 3 rings (SSSR count). The number of allylic oxidation sites excluding steroid dienone is 2. The van der Waals surface area contributed by atoms with Gasteiger partial charge in [-0.05, 0) is 38.8 Å². The average molecular weight is 352 g/mol. The van der Waals surface area contributed by atoms with Crippen molar-refractivity contribution in [3.05, 3.63) is 60.3 Å². The summed E-state index contributed by atoms with van der Waals surface area (Å²) in [5, 5.41) is 1.02. The molecule has 0 spiro atoms. The fourth-order valence-corrected chi connectivity index (χ4v) is 3.21. The van der Waals surface area contributed by atoms with Crippen molar-refractivity contribution < 1.29 is 14.3 Å². The predicted molar refractivity (Wildman–Crippen MR) is 102 cm³/mol. The van der Waals surface area contributed by atoms with Gasteiger partial charge >= 0.3 is 6.09 Å². The van der Waals surface area contributed by atoms with E-state index < -0.39 is 11.7 Å². The van der Waals surface area contributed by atoms with Crippen LogP contribution < -0.4 is 0 Å². The van der Waals surface area contributed by atoms with Crippen molar-refractivity contribution in [1.82, 2.24) is 9.47 Å². The molecule has 0 saturated carbocycles. The van der Waals surface area contributed by atoms with Crippen LogP contribution in [0, 0.1) is 0 Å². The Hall–Kier alpha value is -2.82. The molecule has 2 amide bonds. The normalized spacial score (nSPS) is 16.0. The average Bonchev–Trinajstić information content (AvgIpc) is 2.85. The van der Waals surface area contributed by atoms with E-state index in [9.17, 15) is 9.59 Å². The second-order valence-electron chi connectivity index (χ2n) is 7.32. The number of aromatic nitrogens is 1. The smallest absolute Gasteiger partial charge is 0.417 e. The highest BCUT2D eigenvalue weighted by atomic mass is 16.6. The van der Waals surface area contributed by atoms with Gasteiger partial charge in [-0.3, -0.25) is 4.79 Å². The van der Waals surface area contributed by atoms with Gasteiger partial charge in [0, 0.05) is 17.4 Å². The summed E-state index contributed by atoms with van der Waals surface area (Å²) in [7, 11) is 0. The van der Waals surface area contributed by atoms with E-state index in [1.165, 1.54) is 0 Å². The number of para-hydroxylation sites is 1. The number of ether oxygens (including phenoxy) is 1. The van der Waals surface area contributed by atoms with Crippen LogP contribution in [0.4, 0.5) is 4.79 Å². The first-order chi connectivity index (χ1) is 12.3. The monoisotopic (exact) mass is 352 g/mol. The summed E-state index contributed by atoms with van der Waals surface area (Å²) in [5.74, 6) is -0.336. The minimum atomic E-state index is -0.667. The lowest BCUT2D eigenvalue weighted by Gasteiger charge is -2.26. The highest BCUT2D eigenvalue weighted by molar-refractivity contribution is 6.07. The third kappa shape index (κ3) is 3.29. The van der Waals surface area contributed by atoms with Crippen molar-refractivity contribution in [3.8, 4) is 0 Å². The quantitative estimate of drug-likeness (QED) is 0.757. The molecule has 0 saturated heterocycles. The minimum absolute atomic E-state index is 0.197. The Labute approximate surface area is 153 Å². The van der Waals surface area contributed by atoms with E-state index >= 15 is 0 Å². The molecular formula is C21H24N2O3. The van der Waals surface area contributed by atoms with Gasteiger partial charge in [0.2, 0.25) is 0 Å². The van der Waals surface area contributed by atoms with Crippen molar-refractivity contribution in [3.63, 3.8) is 0 Å². The number of imide groups is 1. The van der Waals surface area contributed by atoms with Gasteiger partial charge in [-0.15, -0.1) is 6.58 Å². The number of hydrogen-bond donors (Lipinski definition) is 0. The Kier molecular flexibility index (Phi) is 4.72. The number of hydrogen-bond acceptors (Lipinski definition) is 3. The van der Waals surface area contributed by atoms with Crippen LogP contribution in [0.25, 0.3) is 10.9 Å². The van der Waals surface area contributed by atoms with Gasteiger partial charge in [0.05, 0.1) is 6.54 Å². The maximum Gasteiger partial charge on any atom is 0.417 e. The summed E-state index contributed by atoms with van der Waals surface area (Å²) in [6.45, 7) is 9.86. The molecule has 1 aromatic heterocycles. The summed E-state index contributed by atoms with van der Waals surface area (Å²) in [6, 6.07) is 7.90. The molecule has 0 radical (unpaired) electrons. The van der Waals surface area contributed by atoms with Crippen molar-refractivity contribution in [2.45, 2.75) is 39.3 Å². The van der Waals surface area contributed by atoms with Crippen molar-refractivity contribution in [2.24, 2.45) is 0 Å². The highest BCUT2D eigenvalue weighted by Gasteiger charge is 2.32. The number of fused-ring (bicyclic) bond motifs is 3. The van der Waals surface area contributed by atoms with E-state index in [1.807, 2.05) is 41.0 Å². The first-order valence-corrected chi connectivity index (χ1v) is 8.74. The van der Waals surface area contributed by atoms with E-state index in [4.69, 9.17) is 4.74 Å². The number of rotatable bonds is 2. The molecule has 0 unspecified atom stereocenters. The largest absolute Gasteiger partial charge is 0.443 e. The van der Waals surface area contributed by atoms with Crippen LogP contribution in [0.3, 0.4) is 0 Å². The standard InChI is InChI=1S/C21H24N2O3/c1-5-13-22-17-12-7-6-10-15(17)16-11-8-9-14-23(19(24)18(16)22)20(25)26-21(2,3)4/h5-10,12H,1,11,13-14H2,2-4H3/b9-8-. The number of benzene rings is 1. The molecule has 1 aromatic carbocycles. The Bertz CT molecular complexity index is 900. The lowest BCUT2D eigenvalue weighted by molar-refractivity contribution is 0.0257. The Morgan fingerprint density at radius 3 is 2.69 bits per heavy atom. The predicted octanol–water partition coefficient (Wildman–Crippen LogP) is 4.32. The molecule has 0 aliphatic carbocycles. The van der Waals surface area contributed by atoms with Crippen LogP contribution in [-0.4, -0.2) is 33.6 Å². The second-order valence-corrected chi connectivity index (χ2v) is 7.32. The molecule has 136 valence electrons. The van der Waals surface area contributed by atoms with Crippen molar-refractivity contribution in [1.29, 1.82) is 0 Å². The topological polar surface area (TPSA) is 51.5 Å². The number of carbonyl (C=O) groups is 2. The highest BCUT2D eigenvalue weighted by Crippen LogP contribution is 2.29. The van der Waals surface area contributed by atoms with Gasteiger partial charge in [-0.2, -0.15) is 0 Å². The van der Waals surface area contributed by atoms with Gasteiger partial charge in [-0.1, -0.05) is 36.4 Å². The van der Waals surface area contributed by atoms with Gasteiger partial charge in [0.1, 0.15) is 11.3 Å². The lowest BCUT2D eigenvalue weighted by Crippen LogP contribution is -2.42. The zero-order chi connectivity index (χ0) is 18.9. The minimum Gasteiger partial charge on any atom is -0.443 e. The van der Waals surface area contributed by atoms with Crippen LogP contribution in [0.15, 0.2) is 49.1 Å². The molecule has 5 nitrogen and oxygen atoms in total. The summed E-state index contributed by atoms with van der Waals surface area (Å²) in [4.78, 5) is 27.1. The molecule has 1 aliphatic rings. The zero-order valence-electron chi connectivity index (χ0n) is 15.5. The fourth-order valence-electron chi connectivity index (χ4n) is 3.21. The molecule has 2 aromatic rings. The van der Waals surface area contributed by atoms with Crippen LogP contribution in [0.2, 0.25) is 0 Å². The zero-order valence-corrected chi connectivity index (χ0v) is 15.5. The molecule has 0 N–H and O–H groups in total. The van der Waals surface area contributed by atoms with Crippen molar-refractivity contribution in [2.75, 3.05) is 6.54 Å². The molecule has 5 heteroatoms. The van der Waals surface area contributed by atoms with E-state index in [0.717, 1.165) is 21.4 Å². The SMILES string of the molecule is C=CCn1c2c(c3ccccc31)C/C=C\CN(C(=O)OC(C)(C)C)C2=O. The maximum atomic E-state index is 13.3.